The molecule has 0 unspecified atom stereocenters. The van der Waals surface area contributed by atoms with Gasteiger partial charge in [-0.15, -0.1) is 0 Å². The summed E-state index contributed by atoms with van der Waals surface area (Å²) in [6.45, 7) is 14.5. The van der Waals surface area contributed by atoms with Crippen molar-refractivity contribution >= 4 is 0 Å². The summed E-state index contributed by atoms with van der Waals surface area (Å²) < 4.78 is 5.16. The van der Waals surface area contributed by atoms with E-state index in [4.69, 9.17) is 4.74 Å². The van der Waals surface area contributed by atoms with E-state index in [2.05, 4.69) is 37.6 Å². The molecule has 0 aromatic rings. The molecule has 0 heterocycles. The van der Waals surface area contributed by atoms with Crippen LogP contribution in [0.2, 0.25) is 0 Å². The third-order valence-corrected chi connectivity index (χ3v) is 2.94. The second-order valence-corrected chi connectivity index (χ2v) is 6.05. The Bertz CT molecular complexity index is 241. The maximum Gasteiger partial charge on any atom is 0.0589 e. The van der Waals surface area contributed by atoms with E-state index < -0.39 is 0 Å². The predicted molar refractivity (Wildman–Crippen MR) is 73.4 cm³/mol. The predicted octanol–water partition coefficient (Wildman–Crippen LogP) is 2.04. The summed E-state index contributed by atoms with van der Waals surface area (Å²) in [5, 5.41) is 3.48. The van der Waals surface area contributed by atoms with Gasteiger partial charge < -0.3 is 10.1 Å². The highest BCUT2D eigenvalue weighted by atomic mass is 16.5. The van der Waals surface area contributed by atoms with Gasteiger partial charge in [-0.25, -0.2) is 0 Å². The van der Waals surface area contributed by atoms with Crippen LogP contribution < -0.4 is 5.32 Å². The lowest BCUT2D eigenvalue weighted by Gasteiger charge is -2.25. The van der Waals surface area contributed by atoms with E-state index in [0.29, 0.717) is 0 Å². The second kappa shape index (κ2) is 6.53. The van der Waals surface area contributed by atoms with Crippen LogP contribution >= 0.6 is 0 Å². The molecule has 0 radical (unpaired) electrons. The number of methoxy groups -OCH3 is 1. The minimum absolute atomic E-state index is 0.167. The van der Waals surface area contributed by atoms with Gasteiger partial charge in [0.05, 0.1) is 6.61 Å². The van der Waals surface area contributed by atoms with E-state index >= 15 is 0 Å². The molecule has 3 heteroatoms. The van der Waals surface area contributed by atoms with Gasteiger partial charge in [-0.1, -0.05) is 6.58 Å². The highest BCUT2D eigenvalue weighted by Crippen LogP contribution is 2.26. The number of ether oxygens (including phenoxy) is 1. The Morgan fingerprint density at radius 2 is 2.06 bits per heavy atom. The Balaban J connectivity index is 2.26. The van der Waals surface area contributed by atoms with Gasteiger partial charge in [-0.3, -0.25) is 4.90 Å². The molecule has 1 N–H and O–H groups in total. The molecule has 17 heavy (non-hydrogen) atoms. The maximum atomic E-state index is 5.16. The highest BCUT2D eigenvalue weighted by molar-refractivity contribution is 5.03. The van der Waals surface area contributed by atoms with Gasteiger partial charge >= 0.3 is 0 Å². The molecule has 1 rings (SSSR count). The van der Waals surface area contributed by atoms with Crippen molar-refractivity contribution in [1.29, 1.82) is 0 Å². The monoisotopic (exact) mass is 240 g/mol. The molecule has 3 nitrogen and oxygen atoms in total. The van der Waals surface area contributed by atoms with Gasteiger partial charge in [0.25, 0.3) is 0 Å². The standard InChI is InChI=1S/C14H28N2O/c1-12(10-15-14(2,3)4)11-16(8-9-17-5)13-6-7-13/h13,15H,1,6-11H2,2-5H3. The summed E-state index contributed by atoms with van der Waals surface area (Å²) >= 11 is 0. The number of nitrogens with zero attached hydrogens (tertiary/aromatic N) is 1. The Morgan fingerprint density at radius 1 is 1.41 bits per heavy atom. The topological polar surface area (TPSA) is 24.5 Å². The van der Waals surface area contributed by atoms with Gasteiger partial charge in [0.2, 0.25) is 0 Å². The van der Waals surface area contributed by atoms with Crippen LogP contribution in [0.25, 0.3) is 0 Å². The molecule has 1 aliphatic carbocycles. The summed E-state index contributed by atoms with van der Waals surface area (Å²) in [4.78, 5) is 2.50. The molecular formula is C14H28N2O. The SMILES string of the molecule is C=C(CNC(C)(C)C)CN(CCOC)C1CC1. The molecule has 0 spiro atoms. The first-order valence-electron chi connectivity index (χ1n) is 6.57. The normalized spacial score (nSPS) is 16.5. The van der Waals surface area contributed by atoms with Crippen molar-refractivity contribution in [2.75, 3.05) is 33.4 Å². The van der Waals surface area contributed by atoms with E-state index in [1.807, 2.05) is 0 Å². The van der Waals surface area contributed by atoms with Crippen molar-refractivity contribution in [2.45, 2.75) is 45.2 Å². The van der Waals surface area contributed by atoms with Gasteiger partial charge in [-0.05, 0) is 39.2 Å². The van der Waals surface area contributed by atoms with Crippen LogP contribution in [-0.2, 0) is 4.74 Å². The summed E-state index contributed by atoms with van der Waals surface area (Å²) in [5.41, 5.74) is 1.43. The van der Waals surface area contributed by atoms with Crippen molar-refractivity contribution < 1.29 is 4.74 Å². The second-order valence-electron chi connectivity index (χ2n) is 6.05. The molecule has 0 bridgehead atoms. The molecule has 0 atom stereocenters. The lowest BCUT2D eigenvalue weighted by Crippen LogP contribution is -2.39. The molecule has 0 aromatic carbocycles. The van der Waals surface area contributed by atoms with Crippen molar-refractivity contribution in [3.63, 3.8) is 0 Å². The summed E-state index contributed by atoms with van der Waals surface area (Å²) in [6.07, 6.45) is 2.67. The smallest absolute Gasteiger partial charge is 0.0589 e. The maximum absolute atomic E-state index is 5.16. The molecule has 0 aliphatic heterocycles. The Labute approximate surface area is 106 Å². The van der Waals surface area contributed by atoms with Crippen LogP contribution in [0.1, 0.15) is 33.6 Å². The first kappa shape index (κ1) is 14.7. The van der Waals surface area contributed by atoms with E-state index in [1.54, 1.807) is 7.11 Å². The van der Waals surface area contributed by atoms with Crippen LogP contribution in [0.4, 0.5) is 0 Å². The molecule has 100 valence electrons. The number of hydrogen-bond donors (Lipinski definition) is 1. The number of hydrogen-bond acceptors (Lipinski definition) is 3. The van der Waals surface area contributed by atoms with E-state index in [9.17, 15) is 0 Å². The van der Waals surface area contributed by atoms with E-state index in [-0.39, 0.29) is 5.54 Å². The lowest BCUT2D eigenvalue weighted by molar-refractivity contribution is 0.149. The van der Waals surface area contributed by atoms with Gasteiger partial charge in [-0.2, -0.15) is 0 Å². The summed E-state index contributed by atoms with van der Waals surface area (Å²) in [7, 11) is 1.76. The third kappa shape index (κ3) is 6.81. The Hall–Kier alpha value is -0.380. The summed E-state index contributed by atoms with van der Waals surface area (Å²) in [5.74, 6) is 0. The van der Waals surface area contributed by atoms with E-state index in [1.165, 1.54) is 18.4 Å². The quantitative estimate of drug-likeness (QED) is 0.657. The minimum atomic E-state index is 0.167. The Kier molecular flexibility index (Phi) is 5.63. The first-order chi connectivity index (χ1) is 7.92. The fourth-order valence-corrected chi connectivity index (χ4v) is 1.77. The lowest BCUT2D eigenvalue weighted by atomic mass is 10.1. The largest absolute Gasteiger partial charge is 0.383 e. The van der Waals surface area contributed by atoms with Gasteiger partial charge in [0, 0.05) is 38.3 Å². The number of rotatable bonds is 8. The third-order valence-electron chi connectivity index (χ3n) is 2.94. The molecule has 0 aromatic heterocycles. The molecule has 1 fully saturated rings. The molecule has 0 amide bonds. The zero-order valence-corrected chi connectivity index (χ0v) is 11.9. The molecular weight excluding hydrogens is 212 g/mol. The van der Waals surface area contributed by atoms with Crippen molar-refractivity contribution in [3.05, 3.63) is 12.2 Å². The van der Waals surface area contributed by atoms with Crippen molar-refractivity contribution in [1.82, 2.24) is 10.2 Å². The molecule has 0 saturated heterocycles. The zero-order valence-electron chi connectivity index (χ0n) is 11.9. The summed E-state index contributed by atoms with van der Waals surface area (Å²) in [6, 6.07) is 0.775. The average molecular weight is 240 g/mol. The van der Waals surface area contributed by atoms with E-state index in [0.717, 1.165) is 32.3 Å². The average Bonchev–Trinajstić information content (AvgIpc) is 3.04. The molecule has 1 saturated carbocycles. The fraction of sp³-hybridized carbons (Fsp3) is 0.857. The minimum Gasteiger partial charge on any atom is -0.383 e. The number of nitrogens with one attached hydrogen (secondary N) is 1. The van der Waals surface area contributed by atoms with Crippen LogP contribution in [0.5, 0.6) is 0 Å². The van der Waals surface area contributed by atoms with Crippen LogP contribution in [0, 0.1) is 0 Å². The highest BCUT2D eigenvalue weighted by Gasteiger charge is 2.28. The Morgan fingerprint density at radius 3 is 2.53 bits per heavy atom. The van der Waals surface area contributed by atoms with Crippen LogP contribution in [0.15, 0.2) is 12.2 Å². The van der Waals surface area contributed by atoms with Crippen molar-refractivity contribution in [2.24, 2.45) is 0 Å². The van der Waals surface area contributed by atoms with Crippen LogP contribution in [-0.4, -0.2) is 49.8 Å². The zero-order chi connectivity index (χ0) is 12.9. The van der Waals surface area contributed by atoms with Crippen molar-refractivity contribution in [3.8, 4) is 0 Å². The van der Waals surface area contributed by atoms with Crippen LogP contribution in [0.3, 0.4) is 0 Å². The van der Waals surface area contributed by atoms with Gasteiger partial charge in [0.15, 0.2) is 0 Å². The first-order valence-corrected chi connectivity index (χ1v) is 6.57. The fourth-order valence-electron chi connectivity index (χ4n) is 1.77. The van der Waals surface area contributed by atoms with Gasteiger partial charge in [0.1, 0.15) is 0 Å². The molecule has 1 aliphatic rings.